The normalized spacial score (nSPS) is 25.5. The summed E-state index contributed by atoms with van der Waals surface area (Å²) in [6.07, 6.45) is 8.55. The summed E-state index contributed by atoms with van der Waals surface area (Å²) in [5.41, 5.74) is 3.04. The smallest absolute Gasteiger partial charge is 0.0534 e. The molecular weight excluding hydrogens is 182 g/mol. The van der Waals surface area contributed by atoms with Crippen LogP contribution in [-0.2, 0) is 6.42 Å². The summed E-state index contributed by atoms with van der Waals surface area (Å²) in [6, 6.07) is 9.43. The second-order valence-electron chi connectivity index (χ2n) is 4.52. The molecule has 1 fully saturated rings. The molecule has 1 aliphatic heterocycles. The van der Waals surface area contributed by atoms with Crippen LogP contribution in [0.5, 0.6) is 0 Å². The molecule has 3 rings (SSSR count). The standard InChI is InChI=1S/C14H17N/c1-2-8-13-12(6-1)7-5-9-14(13)15-10-3-4-11-15/h1-2,5-6,8-9,14H,3-4,7,10-11H2. The summed E-state index contributed by atoms with van der Waals surface area (Å²) in [7, 11) is 0. The fourth-order valence-electron chi connectivity index (χ4n) is 2.77. The zero-order valence-electron chi connectivity index (χ0n) is 9.02. The lowest BCUT2D eigenvalue weighted by Crippen LogP contribution is -2.26. The first kappa shape index (κ1) is 9.17. The van der Waals surface area contributed by atoms with Crippen LogP contribution in [-0.4, -0.2) is 18.0 Å². The quantitative estimate of drug-likeness (QED) is 0.629. The molecule has 1 aliphatic carbocycles. The molecule has 0 amide bonds. The van der Waals surface area contributed by atoms with E-state index in [1.165, 1.54) is 37.1 Å². The summed E-state index contributed by atoms with van der Waals surface area (Å²) < 4.78 is 0. The van der Waals surface area contributed by atoms with Crippen LogP contribution in [0, 0.1) is 0 Å². The van der Waals surface area contributed by atoms with E-state index in [9.17, 15) is 0 Å². The molecule has 0 aromatic heterocycles. The third-order valence-corrected chi connectivity index (χ3v) is 3.56. The van der Waals surface area contributed by atoms with Gasteiger partial charge in [0.2, 0.25) is 0 Å². The Bertz CT molecular complexity index is 375. The molecule has 78 valence electrons. The van der Waals surface area contributed by atoms with Crippen molar-refractivity contribution < 1.29 is 0 Å². The molecule has 0 spiro atoms. The van der Waals surface area contributed by atoms with Gasteiger partial charge in [-0.15, -0.1) is 0 Å². The van der Waals surface area contributed by atoms with Crippen LogP contribution in [0.15, 0.2) is 36.4 Å². The van der Waals surface area contributed by atoms with Gasteiger partial charge in [0.25, 0.3) is 0 Å². The second kappa shape index (κ2) is 3.82. The van der Waals surface area contributed by atoms with Crippen molar-refractivity contribution >= 4 is 0 Å². The van der Waals surface area contributed by atoms with Crippen LogP contribution < -0.4 is 0 Å². The number of hydrogen-bond acceptors (Lipinski definition) is 1. The van der Waals surface area contributed by atoms with Gasteiger partial charge in [-0.3, -0.25) is 4.90 Å². The van der Waals surface area contributed by atoms with Crippen LogP contribution in [0.2, 0.25) is 0 Å². The van der Waals surface area contributed by atoms with Gasteiger partial charge in [0, 0.05) is 0 Å². The lowest BCUT2D eigenvalue weighted by molar-refractivity contribution is 0.285. The number of nitrogens with zero attached hydrogens (tertiary/aromatic N) is 1. The third-order valence-electron chi connectivity index (χ3n) is 3.56. The first-order valence-corrected chi connectivity index (χ1v) is 5.94. The average molecular weight is 199 g/mol. The summed E-state index contributed by atoms with van der Waals surface area (Å²) in [6.45, 7) is 2.53. The van der Waals surface area contributed by atoms with Gasteiger partial charge in [-0.1, -0.05) is 36.4 Å². The average Bonchev–Trinajstić information content (AvgIpc) is 2.82. The molecule has 1 heterocycles. The maximum absolute atomic E-state index is 2.61. The van der Waals surface area contributed by atoms with Crippen LogP contribution in [0.4, 0.5) is 0 Å². The number of rotatable bonds is 1. The van der Waals surface area contributed by atoms with Gasteiger partial charge in [0.05, 0.1) is 6.04 Å². The van der Waals surface area contributed by atoms with Gasteiger partial charge < -0.3 is 0 Å². The highest BCUT2D eigenvalue weighted by atomic mass is 15.2. The van der Waals surface area contributed by atoms with Crippen LogP contribution >= 0.6 is 0 Å². The van der Waals surface area contributed by atoms with E-state index in [1.807, 2.05) is 0 Å². The predicted molar refractivity (Wildman–Crippen MR) is 62.8 cm³/mol. The summed E-state index contributed by atoms with van der Waals surface area (Å²) in [4.78, 5) is 2.61. The van der Waals surface area contributed by atoms with Crippen molar-refractivity contribution in [1.29, 1.82) is 0 Å². The molecule has 1 aromatic carbocycles. The largest absolute Gasteiger partial charge is 0.293 e. The van der Waals surface area contributed by atoms with Crippen LogP contribution in [0.1, 0.15) is 30.0 Å². The van der Waals surface area contributed by atoms with Gasteiger partial charge in [-0.2, -0.15) is 0 Å². The molecular formula is C14H17N. The van der Waals surface area contributed by atoms with E-state index in [2.05, 4.69) is 41.3 Å². The first-order chi connectivity index (χ1) is 7.45. The first-order valence-electron chi connectivity index (χ1n) is 5.94. The van der Waals surface area contributed by atoms with Crippen molar-refractivity contribution in [3.63, 3.8) is 0 Å². The van der Waals surface area contributed by atoms with Crippen LogP contribution in [0.3, 0.4) is 0 Å². The topological polar surface area (TPSA) is 3.24 Å². The van der Waals surface area contributed by atoms with E-state index in [0.29, 0.717) is 6.04 Å². The molecule has 15 heavy (non-hydrogen) atoms. The summed E-state index contributed by atoms with van der Waals surface area (Å²) in [5.74, 6) is 0. The number of benzene rings is 1. The molecule has 1 unspecified atom stereocenters. The number of fused-ring (bicyclic) bond motifs is 1. The van der Waals surface area contributed by atoms with Gasteiger partial charge in [-0.25, -0.2) is 0 Å². The van der Waals surface area contributed by atoms with Crippen molar-refractivity contribution in [3.05, 3.63) is 47.5 Å². The van der Waals surface area contributed by atoms with Crippen LogP contribution in [0.25, 0.3) is 0 Å². The number of allylic oxidation sites excluding steroid dienone is 1. The molecule has 1 saturated heterocycles. The molecule has 1 nitrogen and oxygen atoms in total. The maximum Gasteiger partial charge on any atom is 0.0534 e. The Morgan fingerprint density at radius 3 is 2.73 bits per heavy atom. The second-order valence-corrected chi connectivity index (χ2v) is 4.52. The molecule has 0 radical (unpaired) electrons. The number of hydrogen-bond donors (Lipinski definition) is 0. The van der Waals surface area contributed by atoms with Gasteiger partial charge in [0.1, 0.15) is 0 Å². The SMILES string of the molecule is C1=CC(N2CCCC2)c2ccccc2C1. The van der Waals surface area contributed by atoms with Crippen molar-refractivity contribution in [2.24, 2.45) is 0 Å². The minimum absolute atomic E-state index is 0.553. The van der Waals surface area contributed by atoms with E-state index in [1.54, 1.807) is 0 Å². The van der Waals surface area contributed by atoms with E-state index >= 15 is 0 Å². The Balaban J connectivity index is 1.95. The minimum atomic E-state index is 0.553. The van der Waals surface area contributed by atoms with E-state index in [0.717, 1.165) is 6.42 Å². The highest BCUT2D eigenvalue weighted by molar-refractivity contribution is 5.37. The van der Waals surface area contributed by atoms with Crippen molar-refractivity contribution in [3.8, 4) is 0 Å². The summed E-state index contributed by atoms with van der Waals surface area (Å²) in [5, 5.41) is 0. The van der Waals surface area contributed by atoms with Crippen molar-refractivity contribution in [2.75, 3.05) is 13.1 Å². The Hall–Kier alpha value is -1.08. The highest BCUT2D eigenvalue weighted by Gasteiger charge is 2.24. The Labute approximate surface area is 91.4 Å². The third kappa shape index (κ3) is 1.61. The fourth-order valence-corrected chi connectivity index (χ4v) is 2.77. The predicted octanol–water partition coefficient (Wildman–Crippen LogP) is 2.94. The molecule has 0 bridgehead atoms. The highest BCUT2D eigenvalue weighted by Crippen LogP contribution is 2.31. The Morgan fingerprint density at radius 2 is 1.87 bits per heavy atom. The molecule has 1 heteroatoms. The van der Waals surface area contributed by atoms with E-state index in [4.69, 9.17) is 0 Å². The summed E-state index contributed by atoms with van der Waals surface area (Å²) >= 11 is 0. The molecule has 0 saturated carbocycles. The zero-order chi connectivity index (χ0) is 10.1. The van der Waals surface area contributed by atoms with Crippen molar-refractivity contribution in [1.82, 2.24) is 4.90 Å². The van der Waals surface area contributed by atoms with Gasteiger partial charge >= 0.3 is 0 Å². The van der Waals surface area contributed by atoms with Gasteiger partial charge in [0.15, 0.2) is 0 Å². The maximum atomic E-state index is 2.61. The molecule has 1 aromatic rings. The monoisotopic (exact) mass is 199 g/mol. The lowest BCUT2D eigenvalue weighted by Gasteiger charge is -2.29. The Morgan fingerprint density at radius 1 is 1.07 bits per heavy atom. The minimum Gasteiger partial charge on any atom is -0.293 e. The Kier molecular flexibility index (Phi) is 2.34. The number of likely N-dealkylation sites (tertiary alicyclic amines) is 1. The van der Waals surface area contributed by atoms with E-state index < -0.39 is 0 Å². The molecule has 0 N–H and O–H groups in total. The zero-order valence-corrected chi connectivity index (χ0v) is 9.02. The molecule has 1 atom stereocenters. The van der Waals surface area contributed by atoms with Crippen molar-refractivity contribution in [2.45, 2.75) is 25.3 Å². The lowest BCUT2D eigenvalue weighted by atomic mass is 9.92. The fraction of sp³-hybridized carbons (Fsp3) is 0.429. The molecule has 2 aliphatic rings. The van der Waals surface area contributed by atoms with E-state index in [-0.39, 0.29) is 0 Å². The van der Waals surface area contributed by atoms with Gasteiger partial charge in [-0.05, 0) is 43.5 Å².